The van der Waals surface area contributed by atoms with E-state index in [1.807, 2.05) is 0 Å². The average Bonchev–Trinajstić information content (AvgIpc) is 2.62. The van der Waals surface area contributed by atoms with Gasteiger partial charge in [-0.1, -0.05) is 17.7 Å². The van der Waals surface area contributed by atoms with Crippen molar-refractivity contribution in [3.63, 3.8) is 0 Å². The van der Waals surface area contributed by atoms with Crippen molar-refractivity contribution in [1.82, 2.24) is 4.31 Å². The summed E-state index contributed by atoms with van der Waals surface area (Å²) in [6.07, 6.45) is 0. The first-order valence-corrected chi connectivity index (χ1v) is 9.79. The Morgan fingerprint density at radius 2 is 1.85 bits per heavy atom. The fourth-order valence-corrected chi connectivity index (χ4v) is 3.38. The summed E-state index contributed by atoms with van der Waals surface area (Å²) >= 11 is 6.07. The van der Waals surface area contributed by atoms with Crippen molar-refractivity contribution in [2.24, 2.45) is 0 Å². The number of carbonyl (C=O) groups excluding carboxylic acids is 2. The quantitative estimate of drug-likeness (QED) is 0.739. The summed E-state index contributed by atoms with van der Waals surface area (Å²) in [6.45, 7) is 1.91. The normalized spacial score (nSPS) is 11.3. The fourth-order valence-electron chi connectivity index (χ4n) is 2.18. The first kappa shape index (κ1) is 20.9. The Hall–Kier alpha value is -2.42. The monoisotopic (exact) mass is 410 g/mol. The van der Waals surface area contributed by atoms with Gasteiger partial charge in [0, 0.05) is 25.3 Å². The molecule has 0 unspecified atom stereocenters. The number of ether oxygens (including phenoxy) is 1. The molecule has 27 heavy (non-hydrogen) atoms. The molecule has 0 aliphatic heterocycles. The van der Waals surface area contributed by atoms with E-state index >= 15 is 0 Å². The molecule has 0 bridgehead atoms. The molecule has 0 saturated carbocycles. The Bertz CT molecular complexity index is 973. The third-order valence-electron chi connectivity index (χ3n) is 3.60. The summed E-state index contributed by atoms with van der Waals surface area (Å²) < 4.78 is 30.4. The first-order chi connectivity index (χ1) is 12.7. The van der Waals surface area contributed by atoms with E-state index in [0.717, 1.165) is 4.31 Å². The van der Waals surface area contributed by atoms with E-state index in [9.17, 15) is 18.0 Å². The Labute approximate surface area is 162 Å². The molecule has 1 amide bonds. The lowest BCUT2D eigenvalue weighted by atomic mass is 10.2. The minimum Gasteiger partial charge on any atom is -0.462 e. The first-order valence-electron chi connectivity index (χ1n) is 7.97. The Morgan fingerprint density at radius 1 is 1.15 bits per heavy atom. The van der Waals surface area contributed by atoms with E-state index in [0.29, 0.717) is 5.69 Å². The number of sulfonamides is 1. The van der Waals surface area contributed by atoms with Gasteiger partial charge in [0.15, 0.2) is 0 Å². The van der Waals surface area contributed by atoms with Crippen molar-refractivity contribution in [2.75, 3.05) is 26.0 Å². The molecule has 2 aromatic rings. The number of halogens is 1. The van der Waals surface area contributed by atoms with Gasteiger partial charge in [0.25, 0.3) is 5.91 Å². The Morgan fingerprint density at radius 3 is 2.44 bits per heavy atom. The molecule has 0 saturated heterocycles. The molecule has 2 aromatic carbocycles. The molecule has 0 aromatic heterocycles. The smallest absolute Gasteiger partial charge is 0.339 e. The molecule has 0 spiro atoms. The summed E-state index contributed by atoms with van der Waals surface area (Å²) in [4.78, 5) is 24.2. The number of nitrogens with one attached hydrogen (secondary N) is 1. The van der Waals surface area contributed by atoms with Crippen LogP contribution in [0.3, 0.4) is 0 Å². The highest BCUT2D eigenvalue weighted by molar-refractivity contribution is 7.89. The second kappa shape index (κ2) is 8.51. The predicted molar refractivity (Wildman–Crippen MR) is 103 cm³/mol. The predicted octanol–water partition coefficient (Wildman–Crippen LogP) is 3.02. The second-order valence-electron chi connectivity index (χ2n) is 5.68. The number of nitrogens with zero attached hydrogens (tertiary/aromatic N) is 1. The van der Waals surface area contributed by atoms with Gasteiger partial charge in [0.2, 0.25) is 10.0 Å². The van der Waals surface area contributed by atoms with Crippen LogP contribution in [0.1, 0.15) is 27.6 Å². The van der Waals surface area contributed by atoms with Crippen molar-refractivity contribution in [3.05, 3.63) is 58.6 Å². The van der Waals surface area contributed by atoms with Crippen LogP contribution in [0.2, 0.25) is 5.02 Å². The fraction of sp³-hybridized carbons (Fsp3) is 0.222. The van der Waals surface area contributed by atoms with Gasteiger partial charge in [0.05, 0.1) is 22.1 Å². The van der Waals surface area contributed by atoms with E-state index in [2.05, 4.69) is 5.32 Å². The van der Waals surface area contributed by atoms with Crippen molar-refractivity contribution in [1.29, 1.82) is 0 Å². The van der Waals surface area contributed by atoms with Gasteiger partial charge >= 0.3 is 5.97 Å². The van der Waals surface area contributed by atoms with E-state index in [4.69, 9.17) is 16.3 Å². The number of benzene rings is 2. The summed E-state index contributed by atoms with van der Waals surface area (Å²) in [7, 11) is -0.829. The lowest BCUT2D eigenvalue weighted by Gasteiger charge is -2.12. The van der Waals surface area contributed by atoms with E-state index in [1.165, 1.54) is 56.6 Å². The SMILES string of the molecule is CCOC(=O)c1ccc(NC(=O)c2cccc(S(=O)(=O)N(C)C)c2)cc1Cl. The maximum atomic E-state index is 12.4. The van der Waals surface area contributed by atoms with Gasteiger partial charge in [0.1, 0.15) is 0 Å². The molecule has 0 heterocycles. The zero-order valence-corrected chi connectivity index (χ0v) is 16.6. The standard InChI is InChI=1S/C18H19ClN2O5S/c1-4-26-18(23)15-9-8-13(11-16(15)19)20-17(22)12-6-5-7-14(10-12)27(24,25)21(2)3/h5-11H,4H2,1-3H3,(H,20,22). The molecular weight excluding hydrogens is 392 g/mol. The summed E-state index contributed by atoms with van der Waals surface area (Å²) in [5, 5.41) is 2.76. The van der Waals surface area contributed by atoms with Crippen molar-refractivity contribution < 1.29 is 22.7 Å². The van der Waals surface area contributed by atoms with E-state index in [-0.39, 0.29) is 27.7 Å². The van der Waals surface area contributed by atoms with Crippen LogP contribution in [0.5, 0.6) is 0 Å². The van der Waals surface area contributed by atoms with Crippen LogP contribution in [0.25, 0.3) is 0 Å². The number of carbonyl (C=O) groups is 2. The maximum Gasteiger partial charge on any atom is 0.339 e. The number of rotatable bonds is 6. The molecule has 1 N–H and O–H groups in total. The highest BCUT2D eigenvalue weighted by atomic mass is 35.5. The largest absolute Gasteiger partial charge is 0.462 e. The van der Waals surface area contributed by atoms with Gasteiger partial charge in [-0.25, -0.2) is 17.5 Å². The van der Waals surface area contributed by atoms with Crippen LogP contribution in [0.15, 0.2) is 47.4 Å². The molecular formula is C18H19ClN2O5S. The van der Waals surface area contributed by atoms with Crippen LogP contribution in [0, 0.1) is 0 Å². The maximum absolute atomic E-state index is 12.4. The van der Waals surface area contributed by atoms with Gasteiger partial charge in [-0.05, 0) is 43.3 Å². The van der Waals surface area contributed by atoms with Crippen LogP contribution < -0.4 is 5.32 Å². The van der Waals surface area contributed by atoms with Crippen LogP contribution in [0.4, 0.5) is 5.69 Å². The molecule has 2 rings (SSSR count). The molecule has 0 atom stereocenters. The van der Waals surface area contributed by atoms with Crippen molar-refractivity contribution in [2.45, 2.75) is 11.8 Å². The Kier molecular flexibility index (Phi) is 6.59. The molecule has 0 radical (unpaired) electrons. The minimum absolute atomic E-state index is 0.0100. The third kappa shape index (κ3) is 4.85. The lowest BCUT2D eigenvalue weighted by Crippen LogP contribution is -2.22. The summed E-state index contributed by atoms with van der Waals surface area (Å²) in [5.74, 6) is -1.06. The molecule has 0 aliphatic carbocycles. The molecule has 9 heteroatoms. The lowest BCUT2D eigenvalue weighted by molar-refractivity contribution is 0.0526. The summed E-state index contributed by atoms with van der Waals surface area (Å²) in [5.41, 5.74) is 0.720. The van der Waals surface area contributed by atoms with Crippen LogP contribution in [-0.4, -0.2) is 45.3 Å². The topological polar surface area (TPSA) is 92.8 Å². The average molecular weight is 411 g/mol. The number of hydrogen-bond acceptors (Lipinski definition) is 5. The molecule has 0 fully saturated rings. The van der Waals surface area contributed by atoms with Crippen molar-refractivity contribution >= 4 is 39.2 Å². The van der Waals surface area contributed by atoms with Gasteiger partial charge < -0.3 is 10.1 Å². The zero-order valence-electron chi connectivity index (χ0n) is 15.0. The molecule has 144 valence electrons. The van der Waals surface area contributed by atoms with Crippen LogP contribution in [-0.2, 0) is 14.8 Å². The van der Waals surface area contributed by atoms with Crippen molar-refractivity contribution in [3.8, 4) is 0 Å². The van der Waals surface area contributed by atoms with Gasteiger partial charge in [-0.15, -0.1) is 0 Å². The molecule has 0 aliphatic rings. The van der Waals surface area contributed by atoms with E-state index in [1.54, 1.807) is 6.92 Å². The minimum atomic E-state index is -3.65. The van der Waals surface area contributed by atoms with E-state index < -0.39 is 21.9 Å². The second-order valence-corrected chi connectivity index (χ2v) is 8.24. The summed E-state index contributed by atoms with van der Waals surface area (Å²) in [6, 6.07) is 10.1. The number of esters is 1. The number of amides is 1. The third-order valence-corrected chi connectivity index (χ3v) is 5.72. The number of anilines is 1. The van der Waals surface area contributed by atoms with Crippen LogP contribution >= 0.6 is 11.6 Å². The highest BCUT2D eigenvalue weighted by Gasteiger charge is 2.19. The Balaban J connectivity index is 2.23. The number of hydrogen-bond donors (Lipinski definition) is 1. The zero-order chi connectivity index (χ0) is 20.2. The van der Waals surface area contributed by atoms with Gasteiger partial charge in [-0.3, -0.25) is 4.79 Å². The molecule has 7 nitrogen and oxygen atoms in total. The van der Waals surface area contributed by atoms with Gasteiger partial charge in [-0.2, -0.15) is 0 Å². The highest BCUT2D eigenvalue weighted by Crippen LogP contribution is 2.23.